The second-order valence-electron chi connectivity index (χ2n) is 8.24. The molecule has 0 saturated heterocycles. The van der Waals surface area contributed by atoms with Gasteiger partial charge < -0.3 is 9.88 Å². The summed E-state index contributed by atoms with van der Waals surface area (Å²) in [5, 5.41) is 11.7. The van der Waals surface area contributed by atoms with Gasteiger partial charge in [0.15, 0.2) is 5.82 Å². The molecule has 1 aromatic heterocycles. The van der Waals surface area contributed by atoms with E-state index in [-0.39, 0.29) is 11.9 Å². The second-order valence-corrected chi connectivity index (χ2v) is 8.24. The molecule has 2 aromatic carbocycles. The van der Waals surface area contributed by atoms with Crippen LogP contribution >= 0.6 is 0 Å². The van der Waals surface area contributed by atoms with E-state index in [0.29, 0.717) is 12.5 Å². The summed E-state index contributed by atoms with van der Waals surface area (Å²) in [6.07, 6.45) is 10.7. The monoisotopic (exact) mass is 398 g/mol. The Kier molecular flexibility index (Phi) is 4.95. The van der Waals surface area contributed by atoms with Crippen molar-refractivity contribution in [1.82, 2.24) is 20.1 Å². The molecule has 2 aliphatic rings. The largest absolute Gasteiger partial charge is 0.353 e. The number of fused-ring (bicyclic) bond motifs is 1. The lowest BCUT2D eigenvalue weighted by Crippen LogP contribution is -2.32. The van der Waals surface area contributed by atoms with Crippen molar-refractivity contribution in [3.05, 3.63) is 66.0 Å². The number of rotatable bonds is 5. The van der Waals surface area contributed by atoms with Gasteiger partial charge in [0.05, 0.1) is 0 Å². The zero-order valence-electron chi connectivity index (χ0n) is 17.2. The van der Waals surface area contributed by atoms with Gasteiger partial charge in [-0.05, 0) is 47.9 Å². The van der Waals surface area contributed by atoms with Crippen molar-refractivity contribution in [1.29, 1.82) is 0 Å². The van der Waals surface area contributed by atoms with Gasteiger partial charge in [0.25, 0.3) is 0 Å². The highest BCUT2D eigenvalue weighted by Gasteiger charge is 2.28. The van der Waals surface area contributed by atoms with E-state index in [1.54, 1.807) is 0 Å². The highest BCUT2D eigenvalue weighted by Crippen LogP contribution is 2.34. The summed E-state index contributed by atoms with van der Waals surface area (Å²) >= 11 is 0. The first-order valence-corrected chi connectivity index (χ1v) is 10.8. The average molecular weight is 399 g/mol. The molecule has 1 amide bonds. The first kappa shape index (κ1) is 18.8. The second kappa shape index (κ2) is 7.90. The van der Waals surface area contributed by atoms with Crippen LogP contribution in [0, 0.1) is 0 Å². The zero-order valence-corrected chi connectivity index (χ0v) is 17.2. The first-order valence-electron chi connectivity index (χ1n) is 10.8. The van der Waals surface area contributed by atoms with Gasteiger partial charge in [0.1, 0.15) is 6.33 Å². The Hall–Kier alpha value is -3.21. The number of nitrogens with one attached hydrogen (secondary N) is 1. The lowest BCUT2D eigenvalue weighted by molar-refractivity contribution is -0.121. The van der Waals surface area contributed by atoms with E-state index in [1.165, 1.54) is 22.3 Å². The van der Waals surface area contributed by atoms with Crippen molar-refractivity contribution in [2.24, 2.45) is 0 Å². The van der Waals surface area contributed by atoms with Crippen molar-refractivity contribution >= 4 is 12.0 Å². The van der Waals surface area contributed by atoms with Gasteiger partial charge in [0, 0.05) is 24.1 Å². The number of carbonyl (C=O) groups is 1. The van der Waals surface area contributed by atoms with Gasteiger partial charge in [-0.1, -0.05) is 61.5 Å². The molecule has 1 N–H and O–H groups in total. The van der Waals surface area contributed by atoms with Crippen LogP contribution in [0.15, 0.2) is 54.9 Å². The molecule has 2 aliphatic carbocycles. The number of amides is 1. The summed E-state index contributed by atoms with van der Waals surface area (Å²) in [5.74, 6) is 1.02. The third kappa shape index (κ3) is 3.56. The van der Waals surface area contributed by atoms with Crippen molar-refractivity contribution in [3.8, 4) is 22.5 Å². The van der Waals surface area contributed by atoms with Crippen LogP contribution in [-0.4, -0.2) is 26.7 Å². The van der Waals surface area contributed by atoms with Crippen LogP contribution in [0.4, 0.5) is 0 Å². The molecule has 0 unspecified atom stereocenters. The van der Waals surface area contributed by atoms with E-state index in [4.69, 9.17) is 0 Å². The Morgan fingerprint density at radius 1 is 1.10 bits per heavy atom. The lowest BCUT2D eigenvalue weighted by atomic mass is 9.99. The molecule has 0 bridgehead atoms. The minimum Gasteiger partial charge on any atom is -0.353 e. The number of aromatic nitrogens is 3. The van der Waals surface area contributed by atoms with Crippen molar-refractivity contribution in [2.45, 2.75) is 51.1 Å². The summed E-state index contributed by atoms with van der Waals surface area (Å²) in [4.78, 5) is 11.7. The number of allylic oxidation sites excluding steroid dienone is 1. The molecule has 2 atom stereocenters. The molecular formula is C25H26N4O. The van der Waals surface area contributed by atoms with Gasteiger partial charge in [0.2, 0.25) is 5.91 Å². The van der Waals surface area contributed by atoms with E-state index < -0.39 is 0 Å². The molecular weight excluding hydrogens is 372 g/mol. The molecule has 5 nitrogen and oxygen atoms in total. The van der Waals surface area contributed by atoms with Crippen LogP contribution in [0.3, 0.4) is 0 Å². The maximum atomic E-state index is 11.7. The molecule has 152 valence electrons. The molecule has 1 fully saturated rings. The maximum Gasteiger partial charge on any atom is 0.219 e. The van der Waals surface area contributed by atoms with Crippen LogP contribution < -0.4 is 5.32 Å². The Balaban J connectivity index is 1.34. The SMILES string of the molecule is CCC(=O)N[C@H]1CC[C@@H](n2cnnc2-c2ccc(-c3ccc4c(c3)CC=C4)cc2)C1. The van der Waals surface area contributed by atoms with Gasteiger partial charge in [-0.15, -0.1) is 10.2 Å². The van der Waals surface area contributed by atoms with Gasteiger partial charge in [-0.2, -0.15) is 0 Å². The van der Waals surface area contributed by atoms with Crippen LogP contribution in [0.1, 0.15) is 49.8 Å². The summed E-state index contributed by atoms with van der Waals surface area (Å²) in [5.41, 5.74) is 6.24. The summed E-state index contributed by atoms with van der Waals surface area (Å²) in [7, 11) is 0. The smallest absolute Gasteiger partial charge is 0.219 e. The Morgan fingerprint density at radius 2 is 1.90 bits per heavy atom. The molecule has 30 heavy (non-hydrogen) atoms. The van der Waals surface area contributed by atoms with Crippen molar-refractivity contribution in [3.63, 3.8) is 0 Å². The lowest BCUT2D eigenvalue weighted by Gasteiger charge is -2.16. The number of hydrogen-bond acceptors (Lipinski definition) is 3. The molecule has 0 spiro atoms. The summed E-state index contributed by atoms with van der Waals surface area (Å²) < 4.78 is 2.17. The molecule has 5 rings (SSSR count). The molecule has 1 saturated carbocycles. The Bertz CT molecular complexity index is 1100. The van der Waals surface area contributed by atoms with Gasteiger partial charge >= 0.3 is 0 Å². The van der Waals surface area contributed by atoms with Gasteiger partial charge in [-0.3, -0.25) is 4.79 Å². The molecule has 0 aliphatic heterocycles. The molecule has 3 aromatic rings. The summed E-state index contributed by atoms with van der Waals surface area (Å²) in [6.45, 7) is 1.89. The number of carbonyl (C=O) groups excluding carboxylic acids is 1. The molecule has 5 heteroatoms. The van der Waals surface area contributed by atoms with Crippen molar-refractivity contribution in [2.75, 3.05) is 0 Å². The third-order valence-corrected chi connectivity index (χ3v) is 6.31. The van der Waals surface area contributed by atoms with E-state index in [0.717, 1.165) is 37.1 Å². The maximum absolute atomic E-state index is 11.7. The van der Waals surface area contributed by atoms with E-state index >= 15 is 0 Å². The number of nitrogens with zero attached hydrogens (tertiary/aromatic N) is 3. The molecule has 0 radical (unpaired) electrons. The molecule has 1 heterocycles. The zero-order chi connectivity index (χ0) is 20.5. The minimum atomic E-state index is 0.127. The quantitative estimate of drug-likeness (QED) is 0.671. The fourth-order valence-electron chi connectivity index (χ4n) is 4.64. The Morgan fingerprint density at radius 3 is 2.73 bits per heavy atom. The predicted octanol–water partition coefficient (Wildman–Crippen LogP) is 4.80. The highest BCUT2D eigenvalue weighted by atomic mass is 16.1. The number of benzene rings is 2. The van der Waals surface area contributed by atoms with E-state index in [9.17, 15) is 4.79 Å². The van der Waals surface area contributed by atoms with Crippen molar-refractivity contribution < 1.29 is 4.79 Å². The van der Waals surface area contributed by atoms with Gasteiger partial charge in [-0.25, -0.2) is 0 Å². The topological polar surface area (TPSA) is 59.8 Å². The minimum absolute atomic E-state index is 0.127. The number of hydrogen-bond donors (Lipinski definition) is 1. The fourth-order valence-corrected chi connectivity index (χ4v) is 4.64. The summed E-state index contributed by atoms with van der Waals surface area (Å²) in [6, 6.07) is 15.8. The van der Waals surface area contributed by atoms with Crippen LogP contribution in [0.2, 0.25) is 0 Å². The fraction of sp³-hybridized carbons (Fsp3) is 0.320. The standard InChI is InChI=1S/C25H26N4O/c1-2-24(30)27-22-12-13-23(15-22)29-16-26-28-25(29)19-9-6-18(7-10-19)21-11-8-17-4-3-5-20(17)14-21/h3-4,6-11,14,16,22-23H,2,5,12-13,15H2,1H3,(H,27,30)/t22-,23+/m0/s1. The predicted molar refractivity (Wildman–Crippen MR) is 119 cm³/mol. The van der Waals surface area contributed by atoms with Crippen LogP contribution in [0.25, 0.3) is 28.6 Å². The highest BCUT2D eigenvalue weighted by molar-refractivity contribution is 5.76. The Labute approximate surface area is 176 Å². The van der Waals surface area contributed by atoms with E-state index in [1.807, 2.05) is 13.3 Å². The first-order chi connectivity index (χ1) is 14.7. The van der Waals surface area contributed by atoms with Crippen LogP contribution in [-0.2, 0) is 11.2 Å². The normalized spacial score (nSPS) is 19.8. The van der Waals surface area contributed by atoms with E-state index in [2.05, 4.69) is 74.7 Å². The third-order valence-electron chi connectivity index (χ3n) is 6.31. The van der Waals surface area contributed by atoms with Crippen LogP contribution in [0.5, 0.6) is 0 Å². The average Bonchev–Trinajstić information content (AvgIpc) is 3.53.